The number of benzene rings is 1. The molecule has 0 amide bonds. The summed E-state index contributed by atoms with van der Waals surface area (Å²) >= 11 is 1.25. The molecule has 1 aromatic carbocycles. The normalized spacial score (nSPS) is 27.5. The van der Waals surface area contributed by atoms with Crippen molar-refractivity contribution in [3.05, 3.63) is 33.4 Å². The maximum Gasteiger partial charge on any atom is 0.320 e. The molecule has 1 saturated carbocycles. The summed E-state index contributed by atoms with van der Waals surface area (Å²) in [7, 11) is 1.79. The topological polar surface area (TPSA) is 62.5 Å². The molecule has 1 aliphatic carbocycles. The monoisotopic (exact) mass is 346 g/mol. The van der Waals surface area contributed by atoms with Crippen LogP contribution in [0.1, 0.15) is 37.7 Å². The Balaban J connectivity index is 1.64. The van der Waals surface area contributed by atoms with E-state index < -0.39 is 5.97 Å². The number of carboxylic acids is 1. The average Bonchev–Trinajstić information content (AvgIpc) is 3.06. The molecule has 2 aromatic rings. The molecule has 3 unspecified atom stereocenters. The van der Waals surface area contributed by atoms with Gasteiger partial charge in [-0.25, -0.2) is 0 Å². The lowest BCUT2D eigenvalue weighted by Crippen LogP contribution is -2.41. The molecule has 6 heteroatoms. The maximum absolute atomic E-state index is 11.8. The lowest BCUT2D eigenvalue weighted by Gasteiger charge is -2.33. The fourth-order valence-electron chi connectivity index (χ4n) is 4.51. The van der Waals surface area contributed by atoms with Crippen LogP contribution in [0.5, 0.6) is 0 Å². The number of fused-ring (bicyclic) bond motifs is 2. The van der Waals surface area contributed by atoms with E-state index in [4.69, 9.17) is 0 Å². The maximum atomic E-state index is 11.8. The fraction of sp³-hybridized carbons (Fsp3) is 0.556. The van der Waals surface area contributed by atoms with Gasteiger partial charge in [-0.2, -0.15) is 0 Å². The van der Waals surface area contributed by atoms with E-state index in [1.165, 1.54) is 24.2 Å². The van der Waals surface area contributed by atoms with Gasteiger partial charge >= 0.3 is 10.8 Å². The van der Waals surface area contributed by atoms with E-state index in [0.717, 1.165) is 35.0 Å². The lowest BCUT2D eigenvalue weighted by molar-refractivity contribution is -0.142. The highest BCUT2D eigenvalue weighted by Crippen LogP contribution is 2.40. The lowest BCUT2D eigenvalue weighted by atomic mass is 9.84. The third-order valence-electron chi connectivity index (χ3n) is 5.73. The molecule has 4 rings (SSSR count). The van der Waals surface area contributed by atoms with Gasteiger partial charge in [-0.3, -0.25) is 14.5 Å². The summed E-state index contributed by atoms with van der Waals surface area (Å²) in [6.07, 6.45) is 5.47. The molecule has 1 aliphatic heterocycles. The Morgan fingerprint density at radius 1 is 1.33 bits per heavy atom. The predicted molar refractivity (Wildman–Crippen MR) is 94.4 cm³/mol. The fourth-order valence-corrected chi connectivity index (χ4v) is 5.45. The summed E-state index contributed by atoms with van der Waals surface area (Å²) < 4.78 is 2.64. The zero-order valence-electron chi connectivity index (χ0n) is 13.8. The van der Waals surface area contributed by atoms with E-state index in [0.29, 0.717) is 18.5 Å². The number of carboxylic acid groups (broad SMARTS) is 1. The molecule has 0 radical (unpaired) electrons. The van der Waals surface area contributed by atoms with Crippen molar-refractivity contribution in [1.29, 1.82) is 0 Å². The molecular weight excluding hydrogens is 324 g/mol. The second-order valence-electron chi connectivity index (χ2n) is 7.10. The molecule has 2 heterocycles. The summed E-state index contributed by atoms with van der Waals surface area (Å²) in [5.41, 5.74) is 2.04. The van der Waals surface area contributed by atoms with Crippen LogP contribution in [0, 0.1) is 5.92 Å². The molecule has 2 fully saturated rings. The standard InChI is InChI=1S/C18H22N2O3S/c1-19-14-7-6-11(8-16(14)24-18(19)23)10-20-13-5-3-2-4-12(13)9-15(20)17(21)22/h6-8,12-13,15H,2-5,9-10H2,1H3,(H,21,22). The number of carbonyl (C=O) groups is 1. The van der Waals surface area contributed by atoms with Gasteiger partial charge in [0.2, 0.25) is 0 Å². The summed E-state index contributed by atoms with van der Waals surface area (Å²) in [6, 6.07) is 6.08. The number of hydrogen-bond donors (Lipinski definition) is 1. The van der Waals surface area contributed by atoms with Crippen molar-refractivity contribution in [3.8, 4) is 0 Å². The molecular formula is C18H22N2O3S. The van der Waals surface area contributed by atoms with Gasteiger partial charge in [0.1, 0.15) is 6.04 Å². The van der Waals surface area contributed by atoms with Crippen LogP contribution in [-0.2, 0) is 18.4 Å². The first-order chi connectivity index (χ1) is 11.5. The van der Waals surface area contributed by atoms with Crippen LogP contribution in [0.25, 0.3) is 10.2 Å². The van der Waals surface area contributed by atoms with Gasteiger partial charge in [0, 0.05) is 19.6 Å². The third kappa shape index (κ3) is 2.58. The highest BCUT2D eigenvalue weighted by atomic mass is 32.1. The molecule has 128 valence electrons. The van der Waals surface area contributed by atoms with E-state index in [-0.39, 0.29) is 10.9 Å². The number of nitrogens with zero attached hydrogens (tertiary/aromatic N) is 2. The van der Waals surface area contributed by atoms with Crippen LogP contribution < -0.4 is 4.87 Å². The van der Waals surface area contributed by atoms with Crippen molar-refractivity contribution in [2.45, 2.75) is 50.7 Å². The molecule has 0 bridgehead atoms. The first kappa shape index (κ1) is 15.8. The molecule has 2 aliphatic rings. The number of likely N-dealkylation sites (tertiary alicyclic amines) is 1. The smallest absolute Gasteiger partial charge is 0.320 e. The van der Waals surface area contributed by atoms with Crippen molar-refractivity contribution in [3.63, 3.8) is 0 Å². The summed E-state index contributed by atoms with van der Waals surface area (Å²) in [5.74, 6) is -0.175. The van der Waals surface area contributed by atoms with E-state index in [2.05, 4.69) is 11.0 Å². The zero-order chi connectivity index (χ0) is 16.8. The quantitative estimate of drug-likeness (QED) is 0.928. The molecule has 24 heavy (non-hydrogen) atoms. The Bertz CT molecular complexity index is 840. The minimum Gasteiger partial charge on any atom is -0.480 e. The predicted octanol–water partition coefficient (Wildman–Crippen LogP) is 2.82. The average molecular weight is 346 g/mol. The highest BCUT2D eigenvalue weighted by molar-refractivity contribution is 7.16. The Kier molecular flexibility index (Phi) is 3.96. The second-order valence-corrected chi connectivity index (χ2v) is 8.10. The minimum absolute atomic E-state index is 0.0408. The van der Waals surface area contributed by atoms with Crippen LogP contribution in [0.2, 0.25) is 0 Å². The zero-order valence-corrected chi connectivity index (χ0v) is 14.6. The van der Waals surface area contributed by atoms with Crippen LogP contribution in [0.3, 0.4) is 0 Å². The highest BCUT2D eigenvalue weighted by Gasteiger charge is 2.44. The number of thiazole rings is 1. The van der Waals surface area contributed by atoms with Gasteiger partial charge in [-0.1, -0.05) is 30.2 Å². The van der Waals surface area contributed by atoms with Crippen molar-refractivity contribution < 1.29 is 9.90 Å². The van der Waals surface area contributed by atoms with Crippen LogP contribution in [0.15, 0.2) is 23.0 Å². The molecule has 0 spiro atoms. The number of rotatable bonds is 3. The van der Waals surface area contributed by atoms with E-state index in [1.54, 1.807) is 11.6 Å². The van der Waals surface area contributed by atoms with Crippen molar-refractivity contribution in [1.82, 2.24) is 9.47 Å². The Labute approximate surface area is 144 Å². The van der Waals surface area contributed by atoms with E-state index in [1.807, 2.05) is 12.1 Å². The minimum atomic E-state index is -0.699. The van der Waals surface area contributed by atoms with Crippen LogP contribution in [0.4, 0.5) is 0 Å². The Morgan fingerprint density at radius 2 is 2.12 bits per heavy atom. The van der Waals surface area contributed by atoms with E-state index in [9.17, 15) is 14.7 Å². The second kappa shape index (κ2) is 6.01. The van der Waals surface area contributed by atoms with Crippen molar-refractivity contribution in [2.75, 3.05) is 0 Å². The first-order valence-electron chi connectivity index (χ1n) is 8.61. The summed E-state index contributed by atoms with van der Waals surface area (Å²) in [4.78, 5) is 25.8. The number of aromatic nitrogens is 1. The molecule has 3 atom stereocenters. The first-order valence-corrected chi connectivity index (χ1v) is 9.43. The molecule has 1 N–H and O–H groups in total. The summed E-state index contributed by atoms with van der Waals surface area (Å²) in [6.45, 7) is 0.657. The molecule has 1 aromatic heterocycles. The Hall–Kier alpha value is -1.66. The van der Waals surface area contributed by atoms with Crippen molar-refractivity contribution >= 4 is 27.5 Å². The van der Waals surface area contributed by atoms with Gasteiger partial charge in [-0.15, -0.1) is 0 Å². The number of aryl methyl sites for hydroxylation is 1. The van der Waals surface area contributed by atoms with Crippen molar-refractivity contribution in [2.24, 2.45) is 13.0 Å². The van der Waals surface area contributed by atoms with Gasteiger partial charge in [0.15, 0.2) is 0 Å². The van der Waals surface area contributed by atoms with Gasteiger partial charge < -0.3 is 9.67 Å². The van der Waals surface area contributed by atoms with Gasteiger partial charge in [0.25, 0.3) is 0 Å². The van der Waals surface area contributed by atoms with E-state index >= 15 is 0 Å². The number of hydrogen-bond acceptors (Lipinski definition) is 4. The Morgan fingerprint density at radius 3 is 2.92 bits per heavy atom. The number of aliphatic carboxylic acids is 1. The third-order valence-corrected chi connectivity index (χ3v) is 6.72. The summed E-state index contributed by atoms with van der Waals surface area (Å²) in [5, 5.41) is 9.64. The van der Waals surface area contributed by atoms with Crippen LogP contribution in [-0.4, -0.2) is 32.6 Å². The van der Waals surface area contributed by atoms with Gasteiger partial charge in [-0.05, 0) is 42.9 Å². The van der Waals surface area contributed by atoms with Gasteiger partial charge in [0.05, 0.1) is 10.2 Å². The molecule has 5 nitrogen and oxygen atoms in total. The largest absolute Gasteiger partial charge is 0.480 e. The molecule has 1 saturated heterocycles. The van der Waals surface area contributed by atoms with Crippen LogP contribution >= 0.6 is 11.3 Å². The SMILES string of the molecule is Cn1c(=O)sc2cc(CN3C(C(=O)O)CC4CCCCC43)ccc21.